The fourth-order valence-corrected chi connectivity index (χ4v) is 3.62. The van der Waals surface area contributed by atoms with Crippen LogP contribution in [0.1, 0.15) is 17.3 Å². The zero-order chi connectivity index (χ0) is 18.4. The molecule has 0 fully saturated rings. The van der Waals surface area contributed by atoms with Crippen molar-refractivity contribution in [1.82, 2.24) is 20.2 Å². The highest BCUT2D eigenvalue weighted by Gasteiger charge is 2.25. The number of aromatic nitrogens is 4. The zero-order valence-corrected chi connectivity index (χ0v) is 14.9. The van der Waals surface area contributed by atoms with E-state index in [0.717, 1.165) is 22.6 Å². The summed E-state index contributed by atoms with van der Waals surface area (Å²) in [5, 5.41) is 18.7. The van der Waals surface area contributed by atoms with Gasteiger partial charge in [-0.15, -0.1) is 0 Å². The van der Waals surface area contributed by atoms with E-state index in [-0.39, 0.29) is 11.8 Å². The molecule has 0 radical (unpaired) electrons. The standard InChI is InChI=1S/C20H15ClN4O2/c21-14-2-4-18-12(8-14)7-13(10-27-18)19-23-17-3-1-11(16-5-6-22-25-16)9-15(17)20(26)24-19/h1-6,8-9,13H,7,10H2,(H,22,25)(H,23,24,26). The Morgan fingerprint density at radius 1 is 1.11 bits per heavy atom. The summed E-state index contributed by atoms with van der Waals surface area (Å²) in [6.07, 6.45) is 2.47. The van der Waals surface area contributed by atoms with Gasteiger partial charge < -0.3 is 9.84 Å². The Morgan fingerprint density at radius 3 is 2.89 bits per heavy atom. The molecular formula is C20H15ClN4O2. The number of hydrogen-bond acceptors (Lipinski definition) is 5. The van der Waals surface area contributed by atoms with E-state index < -0.39 is 0 Å². The number of halogens is 1. The molecule has 0 amide bonds. The van der Waals surface area contributed by atoms with Gasteiger partial charge in [-0.1, -0.05) is 17.7 Å². The topological polar surface area (TPSA) is 83.9 Å². The second-order valence-corrected chi connectivity index (χ2v) is 7.00. The minimum absolute atomic E-state index is 0.0377. The molecule has 2 aromatic heterocycles. The van der Waals surface area contributed by atoms with Gasteiger partial charge >= 0.3 is 0 Å². The summed E-state index contributed by atoms with van der Waals surface area (Å²) >= 11 is 6.10. The lowest BCUT2D eigenvalue weighted by Gasteiger charge is -2.24. The second-order valence-electron chi connectivity index (χ2n) is 6.56. The number of nitrogens with one attached hydrogen (secondary N) is 1. The van der Waals surface area contributed by atoms with Crippen molar-refractivity contribution in [3.05, 3.63) is 65.1 Å². The van der Waals surface area contributed by atoms with Crippen molar-refractivity contribution in [2.45, 2.75) is 12.3 Å². The molecule has 0 bridgehead atoms. The molecule has 1 aliphatic heterocycles. The molecule has 1 aliphatic rings. The predicted octanol–water partition coefficient (Wildman–Crippen LogP) is 4.10. The predicted molar refractivity (Wildman–Crippen MR) is 102 cm³/mol. The van der Waals surface area contributed by atoms with Crippen LogP contribution in [0.15, 0.2) is 48.7 Å². The van der Waals surface area contributed by atoms with E-state index in [9.17, 15) is 5.11 Å². The lowest BCUT2D eigenvalue weighted by atomic mass is 9.96. The smallest absolute Gasteiger partial charge is 0.222 e. The van der Waals surface area contributed by atoms with E-state index >= 15 is 0 Å². The Kier molecular flexibility index (Phi) is 3.72. The second kappa shape index (κ2) is 6.25. The highest BCUT2D eigenvalue weighted by atomic mass is 35.5. The number of nitrogens with zero attached hydrogens (tertiary/aromatic N) is 3. The van der Waals surface area contributed by atoms with Crippen LogP contribution in [-0.2, 0) is 6.42 Å². The number of hydrogen-bond donors (Lipinski definition) is 2. The molecule has 3 heterocycles. The monoisotopic (exact) mass is 378 g/mol. The molecular weight excluding hydrogens is 364 g/mol. The summed E-state index contributed by atoms with van der Waals surface area (Å²) in [4.78, 5) is 9.01. The van der Waals surface area contributed by atoms with Gasteiger partial charge in [0.15, 0.2) is 0 Å². The molecule has 1 unspecified atom stereocenters. The summed E-state index contributed by atoms with van der Waals surface area (Å²) in [5.74, 6) is 1.32. The molecule has 0 saturated heterocycles. The van der Waals surface area contributed by atoms with Gasteiger partial charge in [-0.05, 0) is 48.4 Å². The van der Waals surface area contributed by atoms with Gasteiger partial charge in [-0.3, -0.25) is 5.10 Å². The van der Waals surface area contributed by atoms with Crippen LogP contribution in [0.5, 0.6) is 11.6 Å². The van der Waals surface area contributed by atoms with E-state index in [1.54, 1.807) is 6.20 Å². The van der Waals surface area contributed by atoms with Crippen LogP contribution < -0.4 is 4.74 Å². The highest BCUT2D eigenvalue weighted by molar-refractivity contribution is 6.30. The molecule has 0 saturated carbocycles. The van der Waals surface area contributed by atoms with Crippen molar-refractivity contribution in [3.63, 3.8) is 0 Å². The largest absolute Gasteiger partial charge is 0.493 e. The van der Waals surface area contributed by atoms with E-state index in [4.69, 9.17) is 16.3 Å². The van der Waals surface area contributed by atoms with Crippen LogP contribution in [0, 0.1) is 0 Å². The molecule has 5 rings (SSSR count). The average Bonchev–Trinajstić information content (AvgIpc) is 3.22. The van der Waals surface area contributed by atoms with Crippen molar-refractivity contribution in [2.75, 3.05) is 6.61 Å². The van der Waals surface area contributed by atoms with Crippen molar-refractivity contribution >= 4 is 22.5 Å². The van der Waals surface area contributed by atoms with Crippen LogP contribution in [0.3, 0.4) is 0 Å². The lowest BCUT2D eigenvalue weighted by molar-refractivity contribution is 0.257. The SMILES string of the molecule is Oc1nc(C2COc3ccc(Cl)cc3C2)nc2ccc(-c3cc[nH]n3)cc12. The third kappa shape index (κ3) is 2.88. The zero-order valence-electron chi connectivity index (χ0n) is 14.2. The van der Waals surface area contributed by atoms with Gasteiger partial charge in [-0.25, -0.2) is 4.98 Å². The van der Waals surface area contributed by atoms with Gasteiger partial charge in [0.25, 0.3) is 0 Å². The molecule has 27 heavy (non-hydrogen) atoms. The van der Waals surface area contributed by atoms with Gasteiger partial charge in [0.2, 0.25) is 5.88 Å². The van der Waals surface area contributed by atoms with Crippen LogP contribution >= 0.6 is 11.6 Å². The normalized spacial score (nSPS) is 16.1. The maximum Gasteiger partial charge on any atom is 0.222 e. The third-order valence-corrected chi connectivity index (χ3v) is 5.02. The molecule has 0 spiro atoms. The number of aromatic hydroxyl groups is 1. The Labute approximate surface area is 159 Å². The first-order valence-corrected chi connectivity index (χ1v) is 8.97. The van der Waals surface area contributed by atoms with Crippen molar-refractivity contribution in [3.8, 4) is 22.9 Å². The van der Waals surface area contributed by atoms with Crippen molar-refractivity contribution < 1.29 is 9.84 Å². The Balaban J connectivity index is 1.52. The molecule has 1 atom stereocenters. The third-order valence-electron chi connectivity index (χ3n) is 4.78. The van der Waals surface area contributed by atoms with Crippen LogP contribution in [-0.4, -0.2) is 31.9 Å². The van der Waals surface area contributed by atoms with E-state index in [1.807, 2.05) is 42.5 Å². The number of ether oxygens (including phenoxy) is 1. The van der Waals surface area contributed by atoms with Gasteiger partial charge in [0.05, 0.1) is 29.1 Å². The van der Waals surface area contributed by atoms with Gasteiger partial charge in [0.1, 0.15) is 11.6 Å². The summed E-state index contributed by atoms with van der Waals surface area (Å²) in [6.45, 7) is 0.463. The summed E-state index contributed by atoms with van der Waals surface area (Å²) < 4.78 is 5.83. The van der Waals surface area contributed by atoms with E-state index in [2.05, 4.69) is 20.2 Å². The first kappa shape index (κ1) is 16.1. The highest BCUT2D eigenvalue weighted by Crippen LogP contribution is 2.35. The first-order chi connectivity index (χ1) is 13.2. The molecule has 134 valence electrons. The summed E-state index contributed by atoms with van der Waals surface area (Å²) in [5.41, 5.74) is 3.40. The Morgan fingerprint density at radius 2 is 2.04 bits per heavy atom. The van der Waals surface area contributed by atoms with Crippen molar-refractivity contribution in [1.29, 1.82) is 0 Å². The van der Waals surface area contributed by atoms with E-state index in [0.29, 0.717) is 34.8 Å². The van der Waals surface area contributed by atoms with Gasteiger partial charge in [-0.2, -0.15) is 10.1 Å². The maximum absolute atomic E-state index is 10.5. The quantitative estimate of drug-likeness (QED) is 0.548. The minimum atomic E-state index is -0.0442. The fraction of sp³-hybridized carbons (Fsp3) is 0.150. The Hall–Kier alpha value is -3.12. The number of rotatable bonds is 2. The molecule has 2 N–H and O–H groups in total. The molecule has 6 nitrogen and oxygen atoms in total. The first-order valence-electron chi connectivity index (χ1n) is 8.59. The average molecular weight is 379 g/mol. The lowest BCUT2D eigenvalue weighted by Crippen LogP contribution is -2.21. The van der Waals surface area contributed by atoms with Crippen LogP contribution in [0.25, 0.3) is 22.2 Å². The molecule has 7 heteroatoms. The maximum atomic E-state index is 10.5. The molecule has 4 aromatic rings. The van der Waals surface area contributed by atoms with Gasteiger partial charge in [0, 0.05) is 16.8 Å². The fourth-order valence-electron chi connectivity index (χ4n) is 3.42. The van der Waals surface area contributed by atoms with Crippen LogP contribution in [0.2, 0.25) is 5.02 Å². The molecule has 2 aromatic carbocycles. The van der Waals surface area contributed by atoms with Crippen LogP contribution in [0.4, 0.5) is 0 Å². The van der Waals surface area contributed by atoms with Crippen molar-refractivity contribution in [2.24, 2.45) is 0 Å². The summed E-state index contributed by atoms with van der Waals surface area (Å²) in [6, 6.07) is 13.1. The number of fused-ring (bicyclic) bond motifs is 2. The number of H-pyrrole nitrogens is 1. The Bertz CT molecular complexity index is 1140. The number of aromatic amines is 1. The minimum Gasteiger partial charge on any atom is -0.493 e. The molecule has 0 aliphatic carbocycles. The summed E-state index contributed by atoms with van der Waals surface area (Å²) in [7, 11) is 0. The van der Waals surface area contributed by atoms with E-state index in [1.165, 1.54) is 0 Å². The number of benzene rings is 2.